The molecule has 138 valence electrons. The fraction of sp³-hybridized carbons (Fsp3) is 0.238. The zero-order valence-electron chi connectivity index (χ0n) is 15.1. The number of carbonyl (C=O) groups is 1. The summed E-state index contributed by atoms with van der Waals surface area (Å²) in [4.78, 5) is 16.9. The Morgan fingerprint density at radius 2 is 2.07 bits per heavy atom. The summed E-state index contributed by atoms with van der Waals surface area (Å²) in [6, 6.07) is 16.0. The van der Waals surface area contributed by atoms with Crippen molar-refractivity contribution in [3.05, 3.63) is 72.1 Å². The second-order valence-electron chi connectivity index (χ2n) is 6.45. The fourth-order valence-electron chi connectivity index (χ4n) is 3.27. The minimum Gasteiger partial charge on any atom is -0.493 e. The van der Waals surface area contributed by atoms with E-state index in [-0.39, 0.29) is 11.9 Å². The maximum atomic E-state index is 12.5. The zero-order valence-corrected chi connectivity index (χ0v) is 15.9. The van der Waals surface area contributed by atoms with Crippen molar-refractivity contribution >= 4 is 17.7 Å². The van der Waals surface area contributed by atoms with Crippen LogP contribution in [-0.2, 0) is 4.79 Å². The van der Waals surface area contributed by atoms with Gasteiger partial charge in [0, 0.05) is 24.4 Å². The van der Waals surface area contributed by atoms with E-state index in [2.05, 4.69) is 29.4 Å². The number of aryl methyl sites for hydroxylation is 1. The highest BCUT2D eigenvalue weighted by atomic mass is 32.2. The van der Waals surface area contributed by atoms with Crippen LogP contribution >= 0.6 is 11.8 Å². The van der Waals surface area contributed by atoms with Gasteiger partial charge in [0.05, 0.1) is 24.1 Å². The lowest BCUT2D eigenvalue weighted by Crippen LogP contribution is -2.33. The van der Waals surface area contributed by atoms with Gasteiger partial charge in [-0.15, -0.1) is 0 Å². The van der Waals surface area contributed by atoms with Crippen molar-refractivity contribution in [2.24, 2.45) is 0 Å². The Morgan fingerprint density at radius 3 is 2.96 bits per heavy atom. The molecule has 2 heterocycles. The Kier molecular flexibility index (Phi) is 5.16. The Hall–Kier alpha value is -2.73. The summed E-state index contributed by atoms with van der Waals surface area (Å²) < 4.78 is 7.69. The molecule has 0 spiro atoms. The lowest BCUT2D eigenvalue weighted by molar-refractivity contribution is -0.119. The molecule has 1 amide bonds. The first-order chi connectivity index (χ1) is 13.2. The van der Waals surface area contributed by atoms with Gasteiger partial charge >= 0.3 is 0 Å². The average molecular weight is 379 g/mol. The number of benzene rings is 2. The van der Waals surface area contributed by atoms with Gasteiger partial charge < -0.3 is 10.1 Å². The Bertz CT molecular complexity index is 954. The van der Waals surface area contributed by atoms with Crippen LogP contribution in [0.25, 0.3) is 5.69 Å². The van der Waals surface area contributed by atoms with E-state index < -0.39 is 0 Å². The van der Waals surface area contributed by atoms with E-state index in [0.29, 0.717) is 12.4 Å². The molecule has 4 rings (SSSR count). The quantitative estimate of drug-likeness (QED) is 0.683. The molecular formula is C21H21N3O2S. The average Bonchev–Trinajstić information content (AvgIpc) is 3.15. The van der Waals surface area contributed by atoms with Crippen LogP contribution in [0.1, 0.15) is 23.6 Å². The van der Waals surface area contributed by atoms with Crippen LogP contribution in [0.2, 0.25) is 0 Å². The van der Waals surface area contributed by atoms with E-state index in [1.54, 1.807) is 6.20 Å². The third kappa shape index (κ3) is 3.85. The number of imidazole rings is 1. The summed E-state index contributed by atoms with van der Waals surface area (Å²) in [5.74, 6) is 1.18. The van der Waals surface area contributed by atoms with Crippen LogP contribution in [0.5, 0.6) is 5.75 Å². The molecule has 0 radical (unpaired) electrons. The maximum absolute atomic E-state index is 12.5. The van der Waals surface area contributed by atoms with Crippen LogP contribution < -0.4 is 10.1 Å². The van der Waals surface area contributed by atoms with Gasteiger partial charge in [0.25, 0.3) is 0 Å². The molecule has 1 aromatic heterocycles. The van der Waals surface area contributed by atoms with E-state index in [0.717, 1.165) is 28.6 Å². The third-order valence-corrected chi connectivity index (χ3v) is 5.57. The molecule has 1 aliphatic rings. The summed E-state index contributed by atoms with van der Waals surface area (Å²) in [6.07, 6.45) is 4.48. The minimum atomic E-state index is -0.000775. The number of amides is 1. The lowest BCUT2D eigenvalue weighted by atomic mass is 10.0. The predicted molar refractivity (Wildman–Crippen MR) is 106 cm³/mol. The number of rotatable bonds is 5. The molecule has 0 aliphatic carbocycles. The number of nitrogens with zero attached hydrogens (tertiary/aromatic N) is 2. The summed E-state index contributed by atoms with van der Waals surface area (Å²) >= 11 is 1.44. The number of para-hydroxylation sites is 2. The highest BCUT2D eigenvalue weighted by Crippen LogP contribution is 2.31. The van der Waals surface area contributed by atoms with Gasteiger partial charge in [-0.05, 0) is 24.6 Å². The van der Waals surface area contributed by atoms with Crippen molar-refractivity contribution in [1.82, 2.24) is 14.9 Å². The first-order valence-corrected chi connectivity index (χ1v) is 9.94. The number of carbonyl (C=O) groups excluding carboxylic acids is 1. The second kappa shape index (κ2) is 7.88. The van der Waals surface area contributed by atoms with Gasteiger partial charge in [-0.3, -0.25) is 9.36 Å². The van der Waals surface area contributed by atoms with E-state index in [1.165, 1.54) is 17.3 Å². The van der Waals surface area contributed by atoms with E-state index in [1.807, 2.05) is 47.2 Å². The van der Waals surface area contributed by atoms with Gasteiger partial charge in [-0.2, -0.15) is 0 Å². The molecule has 0 saturated heterocycles. The number of nitrogens with one attached hydrogen (secondary N) is 1. The first kappa shape index (κ1) is 17.7. The summed E-state index contributed by atoms with van der Waals surface area (Å²) in [7, 11) is 0. The fourth-order valence-corrected chi connectivity index (χ4v) is 4.05. The number of ether oxygens (including phenoxy) is 1. The van der Waals surface area contributed by atoms with Crippen LogP contribution in [0.4, 0.5) is 0 Å². The van der Waals surface area contributed by atoms with Gasteiger partial charge in [0.2, 0.25) is 5.91 Å². The highest BCUT2D eigenvalue weighted by Gasteiger charge is 2.22. The Morgan fingerprint density at radius 1 is 1.26 bits per heavy atom. The van der Waals surface area contributed by atoms with Gasteiger partial charge in [0.1, 0.15) is 5.75 Å². The van der Waals surface area contributed by atoms with Crippen LogP contribution in [0.3, 0.4) is 0 Å². The molecule has 0 bridgehead atoms. The van der Waals surface area contributed by atoms with E-state index in [9.17, 15) is 4.79 Å². The smallest absolute Gasteiger partial charge is 0.230 e. The molecule has 27 heavy (non-hydrogen) atoms. The van der Waals surface area contributed by atoms with E-state index >= 15 is 0 Å². The predicted octanol–water partition coefficient (Wildman–Crippen LogP) is 3.91. The van der Waals surface area contributed by atoms with Gasteiger partial charge in [-0.25, -0.2) is 4.98 Å². The molecular weight excluding hydrogens is 358 g/mol. The van der Waals surface area contributed by atoms with Crippen molar-refractivity contribution in [2.75, 3.05) is 12.4 Å². The molecule has 1 atom stereocenters. The van der Waals surface area contributed by atoms with Crippen molar-refractivity contribution in [1.29, 1.82) is 0 Å². The van der Waals surface area contributed by atoms with Crippen molar-refractivity contribution < 1.29 is 9.53 Å². The summed E-state index contributed by atoms with van der Waals surface area (Å²) in [5, 5.41) is 3.94. The molecule has 0 saturated carbocycles. The largest absolute Gasteiger partial charge is 0.493 e. The molecule has 0 fully saturated rings. The van der Waals surface area contributed by atoms with Crippen molar-refractivity contribution in [3.63, 3.8) is 0 Å². The highest BCUT2D eigenvalue weighted by molar-refractivity contribution is 7.99. The van der Waals surface area contributed by atoms with Gasteiger partial charge in [0.15, 0.2) is 5.16 Å². The number of hydrogen-bond acceptors (Lipinski definition) is 4. The first-order valence-electron chi connectivity index (χ1n) is 8.95. The standard InChI is InChI=1S/C21H21N3O2S/c1-15-6-2-4-8-18(15)24-12-11-22-21(24)27-14-20(25)23-17-10-13-26-19-9-5-3-7-16(17)19/h2-9,11-12,17H,10,13-14H2,1H3,(H,23,25). The molecule has 2 aromatic carbocycles. The number of hydrogen-bond donors (Lipinski definition) is 1. The zero-order chi connectivity index (χ0) is 18.6. The van der Waals surface area contributed by atoms with Crippen LogP contribution in [0.15, 0.2) is 66.1 Å². The molecule has 1 aliphatic heterocycles. The number of fused-ring (bicyclic) bond motifs is 1. The number of thioether (sulfide) groups is 1. The molecule has 1 unspecified atom stereocenters. The molecule has 6 heteroatoms. The minimum absolute atomic E-state index is 0.000775. The molecule has 5 nitrogen and oxygen atoms in total. The van der Waals surface area contributed by atoms with E-state index in [4.69, 9.17) is 4.74 Å². The molecule has 1 N–H and O–H groups in total. The topological polar surface area (TPSA) is 56.2 Å². The Balaban J connectivity index is 1.42. The monoisotopic (exact) mass is 379 g/mol. The van der Waals surface area contributed by atoms with Crippen LogP contribution in [0, 0.1) is 6.92 Å². The van der Waals surface area contributed by atoms with Crippen LogP contribution in [-0.4, -0.2) is 27.8 Å². The second-order valence-corrected chi connectivity index (χ2v) is 7.39. The van der Waals surface area contributed by atoms with Gasteiger partial charge in [-0.1, -0.05) is 48.2 Å². The SMILES string of the molecule is Cc1ccccc1-n1ccnc1SCC(=O)NC1CCOc2ccccc21. The summed E-state index contributed by atoms with van der Waals surface area (Å²) in [5.41, 5.74) is 3.29. The normalized spacial score (nSPS) is 15.7. The third-order valence-electron chi connectivity index (χ3n) is 4.61. The lowest BCUT2D eigenvalue weighted by Gasteiger charge is -2.26. The van der Waals surface area contributed by atoms with Crippen molar-refractivity contribution in [3.8, 4) is 11.4 Å². The molecule has 3 aromatic rings. The van der Waals surface area contributed by atoms with Crippen molar-refractivity contribution in [2.45, 2.75) is 24.5 Å². The number of aromatic nitrogens is 2. The Labute approximate surface area is 162 Å². The summed E-state index contributed by atoms with van der Waals surface area (Å²) in [6.45, 7) is 2.69. The maximum Gasteiger partial charge on any atom is 0.230 e.